The minimum Gasteiger partial charge on any atom is -0.496 e. The number of methoxy groups -OCH3 is 1. The fourth-order valence-corrected chi connectivity index (χ4v) is 2.94. The molecule has 0 saturated heterocycles. The van der Waals surface area contributed by atoms with Crippen molar-refractivity contribution in [1.82, 2.24) is 0 Å². The van der Waals surface area contributed by atoms with Crippen molar-refractivity contribution in [2.24, 2.45) is 5.10 Å². The third kappa shape index (κ3) is 2.95. The first-order chi connectivity index (χ1) is 11.5. The summed E-state index contributed by atoms with van der Waals surface area (Å²) < 4.78 is 5.43. The quantitative estimate of drug-likeness (QED) is 0.805. The number of benzene rings is 2. The largest absolute Gasteiger partial charge is 0.496 e. The van der Waals surface area contributed by atoms with Gasteiger partial charge in [-0.3, -0.25) is 9.80 Å². The third-order valence-corrected chi connectivity index (χ3v) is 4.00. The highest BCUT2D eigenvalue weighted by Gasteiger charge is 2.22. The Bertz CT molecular complexity index is 846. The molecule has 4 heteroatoms. The molecule has 0 fully saturated rings. The van der Waals surface area contributed by atoms with Crippen LogP contribution in [0.5, 0.6) is 5.75 Å². The molecule has 0 radical (unpaired) electrons. The predicted octanol–water partition coefficient (Wildman–Crippen LogP) is 3.91. The van der Waals surface area contributed by atoms with E-state index in [-0.39, 0.29) is 5.78 Å². The Morgan fingerprint density at radius 2 is 1.75 bits per heavy atom. The smallest absolute Gasteiger partial charge is 0.186 e. The Morgan fingerprint density at radius 3 is 2.42 bits per heavy atom. The molecule has 0 heterocycles. The molecule has 0 spiro atoms. The van der Waals surface area contributed by atoms with Gasteiger partial charge in [-0.2, -0.15) is 5.10 Å². The summed E-state index contributed by atoms with van der Waals surface area (Å²) in [4.78, 5) is 12.1. The van der Waals surface area contributed by atoms with Crippen molar-refractivity contribution in [2.45, 2.75) is 13.8 Å². The number of hydrazone groups is 1. The van der Waals surface area contributed by atoms with E-state index in [2.05, 4.69) is 32.0 Å². The molecule has 1 aliphatic rings. The van der Waals surface area contributed by atoms with Gasteiger partial charge in [0.15, 0.2) is 5.78 Å². The van der Waals surface area contributed by atoms with Gasteiger partial charge in [-0.1, -0.05) is 18.2 Å². The number of hydrogen-bond donors (Lipinski definition) is 0. The first kappa shape index (κ1) is 16.0. The molecule has 0 amide bonds. The van der Waals surface area contributed by atoms with Crippen LogP contribution >= 0.6 is 0 Å². The summed E-state index contributed by atoms with van der Waals surface area (Å²) >= 11 is 0. The molecule has 24 heavy (non-hydrogen) atoms. The van der Waals surface area contributed by atoms with Crippen LogP contribution in [0.4, 0.5) is 5.69 Å². The molecular weight excluding hydrogens is 300 g/mol. The van der Waals surface area contributed by atoms with Crippen molar-refractivity contribution in [3.63, 3.8) is 0 Å². The number of hydrogen-bond acceptors (Lipinski definition) is 4. The lowest BCUT2D eigenvalue weighted by atomic mass is 9.93. The zero-order valence-electron chi connectivity index (χ0n) is 14.3. The van der Waals surface area contributed by atoms with Gasteiger partial charge in [0, 0.05) is 12.6 Å². The Morgan fingerprint density at radius 1 is 1.04 bits per heavy atom. The van der Waals surface area contributed by atoms with E-state index in [4.69, 9.17) is 9.84 Å². The zero-order chi connectivity index (χ0) is 17.3. The summed E-state index contributed by atoms with van der Waals surface area (Å²) in [5, 5.41) is 6.53. The van der Waals surface area contributed by atoms with E-state index in [1.165, 1.54) is 11.1 Å². The number of carbonyl (C=O) groups is 1. The summed E-state index contributed by atoms with van der Waals surface area (Å²) in [6.45, 7) is 4.13. The van der Waals surface area contributed by atoms with Crippen LogP contribution in [0.1, 0.15) is 27.0 Å². The van der Waals surface area contributed by atoms with E-state index in [9.17, 15) is 4.79 Å². The molecule has 3 rings (SSSR count). The Kier molecular flexibility index (Phi) is 4.21. The number of allylic oxidation sites excluding steroid dienone is 2. The minimum atomic E-state index is -0.0306. The van der Waals surface area contributed by atoms with E-state index < -0.39 is 0 Å². The summed E-state index contributed by atoms with van der Waals surface area (Å²) in [5.41, 5.74) is 5.44. The van der Waals surface area contributed by atoms with Crippen molar-refractivity contribution < 1.29 is 9.53 Å². The molecular formula is C20H20N2O2. The molecule has 0 aliphatic heterocycles. The number of anilines is 1. The van der Waals surface area contributed by atoms with Gasteiger partial charge in [0.2, 0.25) is 0 Å². The van der Waals surface area contributed by atoms with Crippen LogP contribution in [0, 0.1) is 13.8 Å². The van der Waals surface area contributed by atoms with E-state index in [0.717, 1.165) is 11.3 Å². The van der Waals surface area contributed by atoms with E-state index in [1.807, 2.05) is 24.2 Å². The van der Waals surface area contributed by atoms with Gasteiger partial charge in [0.05, 0.1) is 24.1 Å². The second-order valence-electron chi connectivity index (χ2n) is 5.94. The molecule has 4 nitrogen and oxygen atoms in total. The molecule has 2 aromatic carbocycles. The number of aryl methyl sites for hydroxylation is 2. The minimum absolute atomic E-state index is 0.0306. The van der Waals surface area contributed by atoms with Crippen molar-refractivity contribution in [1.29, 1.82) is 0 Å². The highest BCUT2D eigenvalue weighted by atomic mass is 16.5. The molecule has 1 aliphatic carbocycles. The van der Waals surface area contributed by atoms with Crippen molar-refractivity contribution in [3.05, 3.63) is 70.8 Å². The number of rotatable bonds is 3. The standard InChI is InChI=1S/C20H20N2O2/c1-13-10-14(2)12-15(11-13)22(3)21-17-8-9-18(23)16-6-5-7-19(24-4)20(16)17/h5-12H,1-4H3/b21-17+. The van der Waals surface area contributed by atoms with Gasteiger partial charge < -0.3 is 4.74 Å². The van der Waals surface area contributed by atoms with Crippen LogP contribution in [-0.2, 0) is 0 Å². The second kappa shape index (κ2) is 6.32. The maximum atomic E-state index is 12.1. The molecule has 0 atom stereocenters. The van der Waals surface area contributed by atoms with Gasteiger partial charge in [-0.05, 0) is 55.3 Å². The first-order valence-corrected chi connectivity index (χ1v) is 7.80. The van der Waals surface area contributed by atoms with Crippen LogP contribution in [0.2, 0.25) is 0 Å². The topological polar surface area (TPSA) is 41.9 Å². The van der Waals surface area contributed by atoms with E-state index in [0.29, 0.717) is 17.0 Å². The third-order valence-electron chi connectivity index (χ3n) is 4.00. The van der Waals surface area contributed by atoms with E-state index in [1.54, 1.807) is 25.3 Å². The summed E-state index contributed by atoms with van der Waals surface area (Å²) in [7, 11) is 3.50. The molecule has 0 unspecified atom stereocenters. The number of nitrogens with zero attached hydrogens (tertiary/aromatic N) is 2. The lowest BCUT2D eigenvalue weighted by Gasteiger charge is -2.20. The highest BCUT2D eigenvalue weighted by molar-refractivity contribution is 6.25. The van der Waals surface area contributed by atoms with Gasteiger partial charge in [-0.15, -0.1) is 0 Å². The van der Waals surface area contributed by atoms with Gasteiger partial charge >= 0.3 is 0 Å². The van der Waals surface area contributed by atoms with Crippen molar-refractivity contribution in [2.75, 3.05) is 19.2 Å². The molecule has 0 bridgehead atoms. The monoisotopic (exact) mass is 320 g/mol. The normalized spacial score (nSPS) is 14.7. The van der Waals surface area contributed by atoms with E-state index >= 15 is 0 Å². The SMILES string of the molecule is COc1cccc2c1/C(=N/N(C)c1cc(C)cc(C)c1)C=CC2=O. The van der Waals surface area contributed by atoms with Crippen molar-refractivity contribution >= 4 is 17.2 Å². The molecule has 0 aromatic heterocycles. The van der Waals surface area contributed by atoms with Gasteiger partial charge in [0.1, 0.15) is 5.75 Å². The molecule has 0 N–H and O–H groups in total. The Labute approximate surface area is 142 Å². The van der Waals surface area contributed by atoms with Crippen LogP contribution < -0.4 is 9.75 Å². The van der Waals surface area contributed by atoms with Crippen LogP contribution in [-0.4, -0.2) is 25.7 Å². The fraction of sp³-hybridized carbons (Fsp3) is 0.200. The number of ether oxygens (including phenoxy) is 1. The average molecular weight is 320 g/mol. The van der Waals surface area contributed by atoms with Gasteiger partial charge in [-0.25, -0.2) is 0 Å². The zero-order valence-corrected chi connectivity index (χ0v) is 14.3. The first-order valence-electron chi connectivity index (χ1n) is 7.80. The predicted molar refractivity (Wildman–Crippen MR) is 97.3 cm³/mol. The summed E-state index contributed by atoms with van der Waals surface area (Å²) in [5.74, 6) is 0.620. The van der Waals surface area contributed by atoms with Crippen molar-refractivity contribution in [3.8, 4) is 5.75 Å². The van der Waals surface area contributed by atoms with Crippen LogP contribution in [0.3, 0.4) is 0 Å². The highest BCUT2D eigenvalue weighted by Crippen LogP contribution is 2.28. The number of fused-ring (bicyclic) bond motifs is 1. The lowest BCUT2D eigenvalue weighted by molar-refractivity contribution is 0.104. The summed E-state index contributed by atoms with van der Waals surface area (Å²) in [6, 6.07) is 11.8. The average Bonchev–Trinajstić information content (AvgIpc) is 2.56. The molecule has 0 saturated carbocycles. The number of ketones is 1. The Balaban J connectivity index is 2.08. The number of carbonyl (C=O) groups excluding carboxylic acids is 1. The second-order valence-corrected chi connectivity index (χ2v) is 5.94. The maximum absolute atomic E-state index is 12.1. The maximum Gasteiger partial charge on any atom is 0.186 e. The van der Waals surface area contributed by atoms with Gasteiger partial charge in [0.25, 0.3) is 0 Å². The lowest BCUT2D eigenvalue weighted by Crippen LogP contribution is -2.19. The fourth-order valence-electron chi connectivity index (χ4n) is 2.94. The van der Waals surface area contributed by atoms with Crippen LogP contribution in [0.15, 0.2) is 53.7 Å². The Hall–Kier alpha value is -2.88. The summed E-state index contributed by atoms with van der Waals surface area (Å²) in [6.07, 6.45) is 3.29. The molecule has 2 aromatic rings. The molecule has 122 valence electrons. The van der Waals surface area contributed by atoms with Crippen LogP contribution in [0.25, 0.3) is 0 Å².